The van der Waals surface area contributed by atoms with E-state index in [4.69, 9.17) is 28.0 Å². The Kier molecular flexibility index (Phi) is 8.07. The van der Waals surface area contributed by atoms with E-state index in [9.17, 15) is 4.79 Å². The second-order valence-corrected chi connectivity index (χ2v) is 9.64. The van der Waals surface area contributed by atoms with Gasteiger partial charge >= 0.3 is 6.03 Å². The maximum absolute atomic E-state index is 13.4. The largest absolute Gasteiger partial charge is 0.342 e. The molecule has 1 saturated heterocycles. The van der Waals surface area contributed by atoms with E-state index in [1.54, 1.807) is 18.6 Å². The molecule has 1 aromatic carbocycles. The molecule has 1 aromatic heterocycles. The van der Waals surface area contributed by atoms with Gasteiger partial charge in [-0.05, 0) is 57.8 Å². The molecule has 178 valence electrons. The van der Waals surface area contributed by atoms with E-state index in [0.717, 1.165) is 43.5 Å². The number of likely N-dealkylation sites (tertiary alicyclic amines) is 1. The van der Waals surface area contributed by atoms with E-state index in [0.29, 0.717) is 28.3 Å². The standard InChI is InChI=1S/C24H31Cl2N5O2/c1-3-33-31(17-8-12-30(2)13-9-17)24(32)29-20(14-16-4-5-16)18-6-7-19(23(26)22(18)25)21-15-27-10-11-28-21/h6-7,10-11,15-17,20H,3-5,8-9,12-14H2,1-2H3,(H,29,32). The number of nitrogens with one attached hydrogen (secondary N) is 1. The lowest BCUT2D eigenvalue weighted by Gasteiger charge is -2.36. The number of hydrogen-bond acceptors (Lipinski definition) is 5. The van der Waals surface area contributed by atoms with Crippen LogP contribution in [0.15, 0.2) is 30.7 Å². The molecule has 2 amide bonds. The zero-order valence-corrected chi connectivity index (χ0v) is 20.6. The highest BCUT2D eigenvalue weighted by molar-refractivity contribution is 6.44. The topological polar surface area (TPSA) is 70.6 Å². The molecular formula is C24H31Cl2N5O2. The summed E-state index contributed by atoms with van der Waals surface area (Å²) in [5.74, 6) is 0.577. The second kappa shape index (κ2) is 11.0. The van der Waals surface area contributed by atoms with Crippen LogP contribution in [0, 0.1) is 5.92 Å². The summed E-state index contributed by atoms with van der Waals surface area (Å²) in [6, 6.07) is 3.42. The van der Waals surface area contributed by atoms with Crippen LogP contribution in [0.3, 0.4) is 0 Å². The molecule has 9 heteroatoms. The molecule has 2 aliphatic rings. The zero-order chi connectivity index (χ0) is 23.4. The molecule has 1 atom stereocenters. The van der Waals surface area contributed by atoms with Gasteiger partial charge in [-0.15, -0.1) is 0 Å². The molecule has 1 saturated carbocycles. The fourth-order valence-electron chi connectivity index (χ4n) is 4.33. The predicted molar refractivity (Wildman–Crippen MR) is 130 cm³/mol. The Balaban J connectivity index is 1.56. The lowest BCUT2D eigenvalue weighted by Crippen LogP contribution is -2.50. The lowest BCUT2D eigenvalue weighted by molar-refractivity contribution is -0.149. The highest BCUT2D eigenvalue weighted by Crippen LogP contribution is 2.42. The molecule has 2 heterocycles. The number of rotatable bonds is 8. The molecule has 0 spiro atoms. The van der Waals surface area contributed by atoms with Gasteiger partial charge in [-0.1, -0.05) is 48.2 Å². The molecule has 1 aliphatic heterocycles. The number of nitrogens with zero attached hydrogens (tertiary/aromatic N) is 4. The summed E-state index contributed by atoms with van der Waals surface area (Å²) in [4.78, 5) is 29.9. The fraction of sp³-hybridized carbons (Fsp3) is 0.542. The molecule has 1 unspecified atom stereocenters. The van der Waals surface area contributed by atoms with Gasteiger partial charge in [-0.2, -0.15) is 0 Å². The molecule has 1 aliphatic carbocycles. The van der Waals surface area contributed by atoms with E-state index in [1.807, 2.05) is 19.1 Å². The number of urea groups is 1. The first kappa shape index (κ1) is 24.2. The third kappa shape index (κ3) is 5.96. The van der Waals surface area contributed by atoms with Crippen LogP contribution in [-0.4, -0.2) is 58.7 Å². The van der Waals surface area contributed by atoms with E-state index < -0.39 is 0 Å². The van der Waals surface area contributed by atoms with Crippen molar-refractivity contribution in [3.05, 3.63) is 46.3 Å². The number of amides is 2. The quantitative estimate of drug-likeness (QED) is 0.504. The van der Waals surface area contributed by atoms with Gasteiger partial charge in [0.15, 0.2) is 0 Å². The Hall–Kier alpha value is -1.93. The van der Waals surface area contributed by atoms with E-state index in [-0.39, 0.29) is 18.1 Å². The number of carbonyl (C=O) groups excluding carboxylic acids is 1. The van der Waals surface area contributed by atoms with Crippen molar-refractivity contribution in [3.63, 3.8) is 0 Å². The normalized spacial score (nSPS) is 18.2. The van der Waals surface area contributed by atoms with Crippen molar-refractivity contribution in [1.82, 2.24) is 25.2 Å². The highest BCUT2D eigenvalue weighted by atomic mass is 35.5. The van der Waals surface area contributed by atoms with Gasteiger partial charge in [0.05, 0.1) is 40.6 Å². The van der Waals surface area contributed by atoms with Gasteiger partial charge in [0.2, 0.25) is 0 Å². The number of aromatic nitrogens is 2. The maximum Gasteiger partial charge on any atom is 0.342 e. The first-order chi connectivity index (χ1) is 16.0. The molecule has 2 aromatic rings. The van der Waals surface area contributed by atoms with Gasteiger partial charge in [0, 0.05) is 18.0 Å². The summed E-state index contributed by atoms with van der Waals surface area (Å²) in [5, 5.41) is 5.60. The van der Waals surface area contributed by atoms with Crippen LogP contribution in [0.2, 0.25) is 10.0 Å². The molecule has 0 bridgehead atoms. The van der Waals surface area contributed by atoms with Crippen molar-refractivity contribution >= 4 is 29.2 Å². The molecule has 4 rings (SSSR count). The number of benzene rings is 1. The van der Waals surface area contributed by atoms with Crippen LogP contribution in [-0.2, 0) is 4.84 Å². The number of hydroxylamine groups is 2. The zero-order valence-electron chi connectivity index (χ0n) is 19.1. The van der Waals surface area contributed by atoms with Crippen molar-refractivity contribution in [3.8, 4) is 11.3 Å². The van der Waals surface area contributed by atoms with Crippen LogP contribution in [0.1, 0.15) is 50.6 Å². The Morgan fingerprint density at radius 3 is 2.61 bits per heavy atom. The molecule has 33 heavy (non-hydrogen) atoms. The van der Waals surface area contributed by atoms with E-state index in [1.165, 1.54) is 17.9 Å². The van der Waals surface area contributed by atoms with E-state index >= 15 is 0 Å². The second-order valence-electron chi connectivity index (χ2n) is 8.88. The third-order valence-corrected chi connectivity index (χ3v) is 7.27. The first-order valence-electron chi connectivity index (χ1n) is 11.6. The Morgan fingerprint density at radius 2 is 1.97 bits per heavy atom. The molecule has 0 radical (unpaired) electrons. The van der Waals surface area contributed by atoms with Crippen molar-refractivity contribution in [1.29, 1.82) is 0 Å². The van der Waals surface area contributed by atoms with Crippen LogP contribution >= 0.6 is 23.2 Å². The minimum atomic E-state index is -0.250. The molecule has 1 N–H and O–H groups in total. The first-order valence-corrected chi connectivity index (χ1v) is 12.4. The van der Waals surface area contributed by atoms with Crippen LogP contribution in [0.25, 0.3) is 11.3 Å². The Morgan fingerprint density at radius 1 is 1.21 bits per heavy atom. The SMILES string of the molecule is CCON(C(=O)NC(CC1CC1)c1ccc(-c2cnccn2)c(Cl)c1Cl)C1CCN(C)CC1. The predicted octanol–water partition coefficient (Wildman–Crippen LogP) is 5.35. The Labute approximate surface area is 205 Å². The van der Waals surface area contributed by atoms with Gasteiger partial charge in [0.1, 0.15) is 0 Å². The van der Waals surface area contributed by atoms with Gasteiger partial charge in [0.25, 0.3) is 0 Å². The maximum atomic E-state index is 13.4. The summed E-state index contributed by atoms with van der Waals surface area (Å²) in [5.41, 5.74) is 2.19. The Bertz CT molecular complexity index is 949. The van der Waals surface area contributed by atoms with Gasteiger partial charge < -0.3 is 10.2 Å². The average molecular weight is 492 g/mol. The van der Waals surface area contributed by atoms with Crippen molar-refractivity contribution in [2.75, 3.05) is 26.7 Å². The summed E-state index contributed by atoms with van der Waals surface area (Å²) in [7, 11) is 2.10. The summed E-state index contributed by atoms with van der Waals surface area (Å²) < 4.78 is 0. The van der Waals surface area contributed by atoms with Crippen LogP contribution in [0.5, 0.6) is 0 Å². The highest BCUT2D eigenvalue weighted by Gasteiger charge is 2.33. The van der Waals surface area contributed by atoms with Crippen LogP contribution < -0.4 is 5.32 Å². The third-order valence-electron chi connectivity index (χ3n) is 6.38. The summed E-state index contributed by atoms with van der Waals surface area (Å²) in [6.45, 7) is 4.22. The fourth-order valence-corrected chi connectivity index (χ4v) is 4.90. The molecule has 2 fully saturated rings. The van der Waals surface area contributed by atoms with Crippen molar-refractivity contribution in [2.24, 2.45) is 5.92 Å². The number of carbonyl (C=O) groups is 1. The number of hydrogen-bond donors (Lipinski definition) is 1. The minimum Gasteiger partial charge on any atom is -0.329 e. The summed E-state index contributed by atoms with van der Waals surface area (Å²) >= 11 is 13.4. The molecular weight excluding hydrogens is 461 g/mol. The van der Waals surface area contributed by atoms with Crippen molar-refractivity contribution in [2.45, 2.75) is 51.1 Å². The van der Waals surface area contributed by atoms with E-state index in [2.05, 4.69) is 27.2 Å². The minimum absolute atomic E-state index is 0.0563. The van der Waals surface area contributed by atoms with Gasteiger partial charge in [-0.25, -0.2) is 9.86 Å². The smallest absolute Gasteiger partial charge is 0.329 e. The molecule has 7 nitrogen and oxygen atoms in total. The summed E-state index contributed by atoms with van der Waals surface area (Å²) in [6.07, 6.45) is 9.81. The number of piperidine rings is 1. The monoisotopic (exact) mass is 491 g/mol. The van der Waals surface area contributed by atoms with Gasteiger partial charge in [-0.3, -0.25) is 14.8 Å². The average Bonchev–Trinajstić information content (AvgIpc) is 3.64. The lowest BCUT2D eigenvalue weighted by atomic mass is 9.98. The van der Waals surface area contributed by atoms with Crippen molar-refractivity contribution < 1.29 is 9.63 Å². The number of halogens is 2. The van der Waals surface area contributed by atoms with Crippen LogP contribution in [0.4, 0.5) is 4.79 Å².